The van der Waals surface area contributed by atoms with Crippen molar-refractivity contribution in [3.05, 3.63) is 59.5 Å². The molecule has 1 heterocycles. The van der Waals surface area contributed by atoms with E-state index in [2.05, 4.69) is 19.2 Å². The van der Waals surface area contributed by atoms with Crippen molar-refractivity contribution in [3.8, 4) is 0 Å². The van der Waals surface area contributed by atoms with Crippen molar-refractivity contribution in [2.75, 3.05) is 0 Å². The maximum Gasteiger partial charge on any atom is 0.228 e. The van der Waals surface area contributed by atoms with Gasteiger partial charge in [0.2, 0.25) is 5.91 Å². The first kappa shape index (κ1) is 16.3. The Morgan fingerprint density at radius 3 is 2.36 bits per heavy atom. The summed E-state index contributed by atoms with van der Waals surface area (Å²) < 4.78 is 5.60. The third-order valence-corrected chi connectivity index (χ3v) is 4.20. The van der Waals surface area contributed by atoms with Crippen LogP contribution in [0.25, 0.3) is 0 Å². The fourth-order valence-corrected chi connectivity index (χ4v) is 2.69. The van der Waals surface area contributed by atoms with Gasteiger partial charge < -0.3 is 9.73 Å². The van der Waals surface area contributed by atoms with E-state index in [-0.39, 0.29) is 23.8 Å². The van der Waals surface area contributed by atoms with Gasteiger partial charge in [-0.25, -0.2) is 0 Å². The number of amides is 1. The minimum Gasteiger partial charge on any atom is -0.464 e. The Bertz CT molecular complexity index is 603. The van der Waals surface area contributed by atoms with Gasteiger partial charge in [-0.2, -0.15) is 0 Å². The van der Waals surface area contributed by atoms with Crippen LogP contribution in [0.3, 0.4) is 0 Å². The number of carbonyl (C=O) groups excluding carboxylic acids is 1. The molecule has 3 unspecified atom stereocenters. The average molecular weight is 299 g/mol. The molecule has 1 aromatic heterocycles. The molecular formula is C19H25NO2. The van der Waals surface area contributed by atoms with Crippen LogP contribution < -0.4 is 5.32 Å². The lowest BCUT2D eigenvalue weighted by atomic mass is 9.84. The molecule has 3 nitrogen and oxygen atoms in total. The van der Waals surface area contributed by atoms with E-state index in [9.17, 15) is 4.79 Å². The molecule has 2 rings (SSSR count). The quantitative estimate of drug-likeness (QED) is 0.847. The highest BCUT2D eigenvalue weighted by molar-refractivity contribution is 5.84. The molecule has 1 N–H and O–H groups in total. The number of benzene rings is 1. The molecule has 0 aliphatic heterocycles. The van der Waals surface area contributed by atoms with Gasteiger partial charge in [0.15, 0.2) is 0 Å². The standard InChI is InChI=1S/C19H25NO2/c1-5-13(2)18(16-9-7-6-8-10-16)19(21)20-15(4)17-12-11-14(3)22-17/h6-13,15,18H,5H2,1-4H3,(H,20,21). The highest BCUT2D eigenvalue weighted by Crippen LogP contribution is 2.28. The molecule has 0 fully saturated rings. The van der Waals surface area contributed by atoms with E-state index < -0.39 is 0 Å². The van der Waals surface area contributed by atoms with E-state index >= 15 is 0 Å². The zero-order chi connectivity index (χ0) is 16.1. The Hall–Kier alpha value is -2.03. The van der Waals surface area contributed by atoms with Gasteiger partial charge in [-0.3, -0.25) is 4.79 Å². The molecule has 3 heteroatoms. The minimum absolute atomic E-state index is 0.0575. The highest BCUT2D eigenvalue weighted by Gasteiger charge is 2.27. The van der Waals surface area contributed by atoms with Crippen molar-refractivity contribution in [1.29, 1.82) is 0 Å². The second kappa shape index (κ2) is 7.30. The van der Waals surface area contributed by atoms with Gasteiger partial charge in [-0.1, -0.05) is 50.6 Å². The zero-order valence-corrected chi connectivity index (χ0v) is 13.8. The molecule has 3 atom stereocenters. The number of hydrogen-bond acceptors (Lipinski definition) is 2. The highest BCUT2D eigenvalue weighted by atomic mass is 16.3. The number of aryl methyl sites for hydroxylation is 1. The van der Waals surface area contributed by atoms with Gasteiger partial charge in [0, 0.05) is 0 Å². The van der Waals surface area contributed by atoms with Crippen LogP contribution in [0.2, 0.25) is 0 Å². The van der Waals surface area contributed by atoms with E-state index in [1.165, 1.54) is 0 Å². The first-order valence-electron chi connectivity index (χ1n) is 7.94. The molecule has 22 heavy (non-hydrogen) atoms. The molecule has 0 saturated carbocycles. The van der Waals surface area contributed by atoms with E-state index in [1.54, 1.807) is 0 Å². The number of carbonyl (C=O) groups is 1. The molecule has 0 spiro atoms. The Morgan fingerprint density at radius 2 is 1.82 bits per heavy atom. The fourth-order valence-electron chi connectivity index (χ4n) is 2.69. The fraction of sp³-hybridized carbons (Fsp3) is 0.421. The molecule has 0 radical (unpaired) electrons. The maximum absolute atomic E-state index is 12.8. The Labute approximate surface area is 132 Å². The van der Waals surface area contributed by atoms with Crippen LogP contribution in [0.4, 0.5) is 0 Å². The lowest BCUT2D eigenvalue weighted by Crippen LogP contribution is -2.34. The van der Waals surface area contributed by atoms with Gasteiger partial charge in [0.25, 0.3) is 0 Å². The predicted molar refractivity (Wildman–Crippen MR) is 88.6 cm³/mol. The van der Waals surface area contributed by atoms with Crippen LogP contribution in [0.1, 0.15) is 56.2 Å². The normalized spacial score (nSPS) is 15.1. The van der Waals surface area contributed by atoms with Crippen LogP contribution >= 0.6 is 0 Å². The summed E-state index contributed by atoms with van der Waals surface area (Å²) in [6.45, 7) is 8.10. The topological polar surface area (TPSA) is 42.2 Å². The van der Waals surface area contributed by atoms with Gasteiger partial charge >= 0.3 is 0 Å². The van der Waals surface area contributed by atoms with E-state index in [0.717, 1.165) is 23.5 Å². The summed E-state index contributed by atoms with van der Waals surface area (Å²) in [5, 5.41) is 3.09. The summed E-state index contributed by atoms with van der Waals surface area (Å²) in [6, 6.07) is 13.7. The Balaban J connectivity index is 2.16. The third-order valence-electron chi connectivity index (χ3n) is 4.20. The Morgan fingerprint density at radius 1 is 1.14 bits per heavy atom. The smallest absolute Gasteiger partial charge is 0.228 e. The molecule has 1 amide bonds. The van der Waals surface area contributed by atoms with Crippen LogP contribution in [-0.4, -0.2) is 5.91 Å². The monoisotopic (exact) mass is 299 g/mol. The number of hydrogen-bond donors (Lipinski definition) is 1. The number of rotatable bonds is 6. The third kappa shape index (κ3) is 3.79. The van der Waals surface area contributed by atoms with Crippen molar-refractivity contribution in [2.24, 2.45) is 5.92 Å². The summed E-state index contributed by atoms with van der Waals surface area (Å²) in [5.41, 5.74) is 1.07. The summed E-state index contributed by atoms with van der Waals surface area (Å²) in [5.74, 6) is 1.86. The molecule has 2 aromatic rings. The molecule has 0 bridgehead atoms. The van der Waals surface area contributed by atoms with Crippen molar-refractivity contribution >= 4 is 5.91 Å². The predicted octanol–water partition coefficient (Wildman–Crippen LogP) is 4.60. The number of nitrogens with one attached hydrogen (secondary N) is 1. The van der Waals surface area contributed by atoms with E-state index in [4.69, 9.17) is 4.42 Å². The second-order valence-corrected chi connectivity index (χ2v) is 5.95. The molecule has 0 saturated heterocycles. The summed E-state index contributed by atoms with van der Waals surface area (Å²) in [4.78, 5) is 12.8. The van der Waals surface area contributed by atoms with Gasteiger partial charge in [0.05, 0.1) is 12.0 Å². The minimum atomic E-state index is -0.135. The summed E-state index contributed by atoms with van der Waals surface area (Å²) >= 11 is 0. The first-order chi connectivity index (χ1) is 10.5. The first-order valence-corrected chi connectivity index (χ1v) is 7.94. The van der Waals surface area contributed by atoms with Crippen LogP contribution in [0, 0.1) is 12.8 Å². The van der Waals surface area contributed by atoms with E-state index in [0.29, 0.717) is 0 Å². The molecule has 1 aromatic carbocycles. The maximum atomic E-state index is 12.8. The van der Waals surface area contributed by atoms with Gasteiger partial charge in [-0.15, -0.1) is 0 Å². The van der Waals surface area contributed by atoms with Crippen molar-refractivity contribution in [1.82, 2.24) is 5.32 Å². The summed E-state index contributed by atoms with van der Waals surface area (Å²) in [6.07, 6.45) is 0.960. The van der Waals surface area contributed by atoms with Crippen molar-refractivity contribution in [3.63, 3.8) is 0 Å². The lowest BCUT2D eigenvalue weighted by Gasteiger charge is -2.24. The van der Waals surface area contributed by atoms with Gasteiger partial charge in [0.1, 0.15) is 11.5 Å². The second-order valence-electron chi connectivity index (χ2n) is 5.95. The SMILES string of the molecule is CCC(C)C(C(=O)NC(C)c1ccc(C)o1)c1ccccc1. The molecule has 118 valence electrons. The largest absolute Gasteiger partial charge is 0.464 e. The van der Waals surface area contributed by atoms with E-state index in [1.807, 2.05) is 56.3 Å². The molecule has 0 aliphatic rings. The zero-order valence-electron chi connectivity index (χ0n) is 13.8. The average Bonchev–Trinajstić information content (AvgIpc) is 2.95. The van der Waals surface area contributed by atoms with Crippen molar-refractivity contribution in [2.45, 2.75) is 46.1 Å². The van der Waals surface area contributed by atoms with Crippen LogP contribution in [0.15, 0.2) is 46.9 Å². The molecule has 0 aliphatic carbocycles. The van der Waals surface area contributed by atoms with Crippen LogP contribution in [-0.2, 0) is 4.79 Å². The van der Waals surface area contributed by atoms with Crippen molar-refractivity contribution < 1.29 is 9.21 Å². The van der Waals surface area contributed by atoms with Gasteiger partial charge in [-0.05, 0) is 37.5 Å². The Kier molecular flexibility index (Phi) is 5.42. The number of furan rings is 1. The lowest BCUT2D eigenvalue weighted by molar-refractivity contribution is -0.124. The van der Waals surface area contributed by atoms with Crippen LogP contribution in [0.5, 0.6) is 0 Å². The summed E-state index contributed by atoms with van der Waals surface area (Å²) in [7, 11) is 0. The molecular weight excluding hydrogens is 274 g/mol.